The molecule has 0 heterocycles. The third kappa shape index (κ3) is 5.59. The van der Waals surface area contributed by atoms with E-state index < -0.39 is 9.89 Å². The molecule has 0 atom stereocenters. The molecule has 1 aliphatic rings. The molecular formula is C17H21Cl4NO2. The zero-order valence-corrected chi connectivity index (χ0v) is 16.5. The van der Waals surface area contributed by atoms with Crippen LogP contribution in [0.5, 0.6) is 0 Å². The second-order valence-corrected chi connectivity index (χ2v) is 8.90. The van der Waals surface area contributed by atoms with Gasteiger partial charge in [0.25, 0.3) is 0 Å². The van der Waals surface area contributed by atoms with Gasteiger partial charge in [-0.2, -0.15) is 0 Å². The Balaban J connectivity index is 1.89. The molecule has 7 heteroatoms. The maximum atomic E-state index is 12.1. The molecule has 1 amide bonds. The second kappa shape index (κ2) is 8.84. The molecule has 0 bridgehead atoms. The Kier molecular flexibility index (Phi) is 7.36. The second-order valence-electron chi connectivity index (χ2n) is 6.12. The number of amides is 1. The summed E-state index contributed by atoms with van der Waals surface area (Å²) in [7, 11) is 1.73. The van der Waals surface area contributed by atoms with Crippen LogP contribution < -0.4 is 0 Å². The highest BCUT2D eigenvalue weighted by molar-refractivity contribution is 6.67. The zero-order chi connectivity index (χ0) is 17.7. The summed E-state index contributed by atoms with van der Waals surface area (Å²) >= 11 is 22.9. The highest BCUT2D eigenvalue weighted by Crippen LogP contribution is 2.36. The molecule has 1 aliphatic carbocycles. The van der Waals surface area contributed by atoms with E-state index in [2.05, 4.69) is 18.2 Å². The predicted molar refractivity (Wildman–Crippen MR) is 100 cm³/mol. The van der Waals surface area contributed by atoms with Gasteiger partial charge in [0.2, 0.25) is 3.79 Å². The Morgan fingerprint density at radius 1 is 1.21 bits per heavy atom. The van der Waals surface area contributed by atoms with E-state index in [1.807, 2.05) is 6.07 Å². The minimum atomic E-state index is -1.58. The van der Waals surface area contributed by atoms with E-state index in [1.54, 1.807) is 11.9 Å². The van der Waals surface area contributed by atoms with Crippen molar-refractivity contribution in [2.75, 3.05) is 13.7 Å². The van der Waals surface area contributed by atoms with Crippen molar-refractivity contribution >= 4 is 52.5 Å². The lowest BCUT2D eigenvalue weighted by molar-refractivity contribution is 0.0889. The molecule has 24 heavy (non-hydrogen) atoms. The van der Waals surface area contributed by atoms with E-state index >= 15 is 0 Å². The Hall–Kier alpha value is -0.350. The van der Waals surface area contributed by atoms with Crippen LogP contribution in [0.25, 0.3) is 0 Å². The standard InChI is InChI=1S/C17H21Cl4NO2/c1-22(16(23)24-11-17(19,20)21)14-8-6-12(7-9-14)15-5-3-2-4-13(15)10-18/h2-5,12,14H,6-11H2,1H3/t12-,14-. The van der Waals surface area contributed by atoms with E-state index in [4.69, 9.17) is 51.1 Å². The molecule has 0 saturated heterocycles. The average Bonchev–Trinajstić information content (AvgIpc) is 2.58. The van der Waals surface area contributed by atoms with Crippen molar-refractivity contribution in [3.63, 3.8) is 0 Å². The van der Waals surface area contributed by atoms with E-state index in [0.717, 1.165) is 25.7 Å². The summed E-state index contributed by atoms with van der Waals surface area (Å²) in [6.07, 6.45) is 3.41. The third-order valence-electron chi connectivity index (χ3n) is 4.53. The van der Waals surface area contributed by atoms with E-state index in [1.165, 1.54) is 11.1 Å². The normalized spacial score (nSPS) is 21.4. The third-order valence-corrected chi connectivity index (χ3v) is 5.15. The van der Waals surface area contributed by atoms with Gasteiger partial charge in [0.15, 0.2) is 0 Å². The van der Waals surface area contributed by atoms with Gasteiger partial charge < -0.3 is 9.64 Å². The van der Waals surface area contributed by atoms with E-state index in [-0.39, 0.29) is 12.6 Å². The number of carbonyl (C=O) groups is 1. The molecule has 0 spiro atoms. The largest absolute Gasteiger partial charge is 0.445 e. The van der Waals surface area contributed by atoms with Crippen LogP contribution in [0.4, 0.5) is 4.79 Å². The van der Waals surface area contributed by atoms with Crippen molar-refractivity contribution in [1.29, 1.82) is 0 Å². The maximum Gasteiger partial charge on any atom is 0.409 e. The van der Waals surface area contributed by atoms with Crippen LogP contribution in [0.2, 0.25) is 0 Å². The topological polar surface area (TPSA) is 29.5 Å². The Bertz CT molecular complexity index is 554. The predicted octanol–water partition coefficient (Wildman–Crippen LogP) is 5.89. The first-order valence-corrected chi connectivity index (χ1v) is 9.58. The van der Waals surface area contributed by atoms with Crippen molar-refractivity contribution in [1.82, 2.24) is 4.90 Å². The quantitative estimate of drug-likeness (QED) is 0.577. The van der Waals surface area contributed by atoms with E-state index in [9.17, 15) is 4.79 Å². The number of hydrogen-bond donors (Lipinski definition) is 0. The minimum absolute atomic E-state index is 0.146. The van der Waals surface area contributed by atoms with Crippen molar-refractivity contribution in [2.45, 2.75) is 47.3 Å². The zero-order valence-electron chi connectivity index (χ0n) is 13.5. The van der Waals surface area contributed by atoms with Crippen molar-refractivity contribution in [2.24, 2.45) is 0 Å². The van der Waals surface area contributed by atoms with Crippen LogP contribution in [0.3, 0.4) is 0 Å². The molecular weight excluding hydrogens is 392 g/mol. The molecule has 0 N–H and O–H groups in total. The van der Waals surface area contributed by atoms with Gasteiger partial charge in [-0.15, -0.1) is 11.6 Å². The molecule has 0 aliphatic heterocycles. The molecule has 0 unspecified atom stereocenters. The van der Waals surface area contributed by atoms with Crippen LogP contribution >= 0.6 is 46.4 Å². The lowest BCUT2D eigenvalue weighted by atomic mass is 9.80. The lowest BCUT2D eigenvalue weighted by Crippen LogP contribution is -2.40. The highest BCUT2D eigenvalue weighted by Gasteiger charge is 2.30. The summed E-state index contributed by atoms with van der Waals surface area (Å²) in [5.41, 5.74) is 2.52. The van der Waals surface area contributed by atoms with Gasteiger partial charge in [-0.3, -0.25) is 0 Å². The Morgan fingerprint density at radius 2 is 1.83 bits per heavy atom. The molecule has 1 saturated carbocycles. The first-order chi connectivity index (χ1) is 11.3. The van der Waals surface area contributed by atoms with Crippen LogP contribution in [-0.2, 0) is 10.6 Å². The number of halogens is 4. The summed E-state index contributed by atoms with van der Waals surface area (Å²) < 4.78 is 3.46. The Labute approximate surface area is 163 Å². The van der Waals surface area contributed by atoms with Crippen LogP contribution in [0.15, 0.2) is 24.3 Å². The minimum Gasteiger partial charge on any atom is -0.445 e. The SMILES string of the molecule is CN(C(=O)OCC(Cl)(Cl)Cl)[C@H]1CC[C@H](c2ccccc2CCl)CC1. The number of carbonyl (C=O) groups excluding carboxylic acids is 1. The van der Waals surface area contributed by atoms with Crippen LogP contribution in [0.1, 0.15) is 42.7 Å². The van der Waals surface area contributed by atoms with E-state index in [0.29, 0.717) is 11.8 Å². The number of nitrogens with zero attached hydrogens (tertiary/aromatic N) is 1. The van der Waals surface area contributed by atoms with Gasteiger partial charge in [-0.05, 0) is 42.7 Å². The first kappa shape index (κ1) is 20.0. The van der Waals surface area contributed by atoms with Gasteiger partial charge in [0.05, 0.1) is 0 Å². The highest BCUT2D eigenvalue weighted by atomic mass is 35.6. The van der Waals surface area contributed by atoms with Crippen molar-refractivity contribution < 1.29 is 9.53 Å². The molecule has 1 aromatic carbocycles. The molecule has 134 valence electrons. The van der Waals surface area contributed by atoms with Gasteiger partial charge in [-0.1, -0.05) is 59.1 Å². The molecule has 1 fully saturated rings. The number of benzene rings is 1. The monoisotopic (exact) mass is 411 g/mol. The average molecular weight is 413 g/mol. The number of alkyl halides is 4. The number of hydrogen-bond acceptors (Lipinski definition) is 2. The number of ether oxygens (including phenoxy) is 1. The smallest absolute Gasteiger partial charge is 0.409 e. The van der Waals surface area contributed by atoms with Gasteiger partial charge in [-0.25, -0.2) is 4.79 Å². The fraction of sp³-hybridized carbons (Fsp3) is 0.588. The number of rotatable bonds is 4. The summed E-state index contributed by atoms with van der Waals surface area (Å²) in [6, 6.07) is 8.45. The lowest BCUT2D eigenvalue weighted by Gasteiger charge is -2.35. The van der Waals surface area contributed by atoms with Crippen molar-refractivity contribution in [3.8, 4) is 0 Å². The van der Waals surface area contributed by atoms with Crippen molar-refractivity contribution in [3.05, 3.63) is 35.4 Å². The molecule has 1 aromatic rings. The van der Waals surface area contributed by atoms with Gasteiger partial charge in [0, 0.05) is 19.0 Å². The maximum absolute atomic E-state index is 12.1. The Morgan fingerprint density at radius 3 is 2.42 bits per heavy atom. The fourth-order valence-corrected chi connectivity index (χ4v) is 3.63. The van der Waals surface area contributed by atoms with Gasteiger partial charge >= 0.3 is 6.09 Å². The van der Waals surface area contributed by atoms with Crippen LogP contribution in [-0.4, -0.2) is 34.5 Å². The molecule has 0 radical (unpaired) electrons. The summed E-state index contributed by atoms with van der Waals surface area (Å²) in [5.74, 6) is 1.01. The molecule has 2 rings (SSSR count). The van der Waals surface area contributed by atoms with Crippen LogP contribution in [0, 0.1) is 0 Å². The molecule has 0 aromatic heterocycles. The first-order valence-electron chi connectivity index (χ1n) is 7.92. The van der Waals surface area contributed by atoms with Gasteiger partial charge in [0.1, 0.15) is 6.61 Å². The summed E-state index contributed by atoms with van der Waals surface area (Å²) in [6.45, 7) is -0.251. The molecule has 3 nitrogen and oxygen atoms in total. The fourth-order valence-electron chi connectivity index (χ4n) is 3.22. The summed E-state index contributed by atoms with van der Waals surface area (Å²) in [4.78, 5) is 13.7. The summed E-state index contributed by atoms with van der Waals surface area (Å²) in [5, 5.41) is 0.